The van der Waals surface area contributed by atoms with E-state index in [1.54, 1.807) is 36.9 Å². The molecule has 0 aromatic carbocycles. The SMILES string of the molecule is C[C@]1(NC(=O)c2cccnc2)CCOC2(CCN(c3cnccn3)CC2)[C@@H]1O. The number of carbonyl (C=O) groups excluding carboxylic acids is 1. The number of aromatic nitrogens is 3. The van der Waals surface area contributed by atoms with E-state index >= 15 is 0 Å². The lowest BCUT2D eigenvalue weighted by Crippen LogP contribution is -2.69. The van der Waals surface area contributed by atoms with Gasteiger partial charge < -0.3 is 20.1 Å². The predicted molar refractivity (Wildman–Crippen MR) is 103 cm³/mol. The van der Waals surface area contributed by atoms with Gasteiger partial charge in [0.2, 0.25) is 0 Å². The zero-order chi connectivity index (χ0) is 19.6. The minimum absolute atomic E-state index is 0.233. The number of carbonyl (C=O) groups is 1. The van der Waals surface area contributed by atoms with Crippen molar-refractivity contribution in [1.29, 1.82) is 0 Å². The third kappa shape index (κ3) is 3.45. The quantitative estimate of drug-likeness (QED) is 0.821. The Kier molecular flexibility index (Phi) is 4.99. The molecule has 1 spiro atoms. The topological polar surface area (TPSA) is 100 Å². The minimum Gasteiger partial charge on any atom is -0.388 e. The first-order valence-corrected chi connectivity index (χ1v) is 9.58. The van der Waals surface area contributed by atoms with E-state index in [9.17, 15) is 9.90 Å². The van der Waals surface area contributed by atoms with Crippen LogP contribution in [0.15, 0.2) is 43.1 Å². The second-order valence-electron chi connectivity index (χ2n) is 7.73. The van der Waals surface area contributed by atoms with Crippen LogP contribution in [0.5, 0.6) is 0 Å². The van der Waals surface area contributed by atoms with Gasteiger partial charge in [0.05, 0.1) is 22.9 Å². The molecule has 2 atom stereocenters. The van der Waals surface area contributed by atoms with Crippen LogP contribution in [0.4, 0.5) is 5.82 Å². The fourth-order valence-corrected chi connectivity index (χ4v) is 4.21. The van der Waals surface area contributed by atoms with Crippen LogP contribution < -0.4 is 10.2 Å². The summed E-state index contributed by atoms with van der Waals surface area (Å²) in [6.07, 6.45) is 9.28. The van der Waals surface area contributed by atoms with Crippen LogP contribution in [-0.2, 0) is 4.74 Å². The van der Waals surface area contributed by atoms with Gasteiger partial charge in [-0.2, -0.15) is 0 Å². The zero-order valence-corrected chi connectivity index (χ0v) is 15.9. The molecule has 2 N–H and O–H groups in total. The highest BCUT2D eigenvalue weighted by Crippen LogP contribution is 2.40. The standard InChI is InChI=1S/C20H25N5O3/c1-19(24-17(26)15-3-2-7-21-13-15)6-12-28-20(18(19)27)4-10-25(11-5-20)16-14-22-8-9-23-16/h2-3,7-9,13-14,18,27H,4-6,10-12H2,1H3,(H,24,26)/t18-,19+/m1/s1. The average Bonchev–Trinajstić information content (AvgIpc) is 2.74. The lowest BCUT2D eigenvalue weighted by atomic mass is 9.73. The third-order valence-electron chi connectivity index (χ3n) is 5.92. The maximum absolute atomic E-state index is 12.6. The monoisotopic (exact) mass is 383 g/mol. The summed E-state index contributed by atoms with van der Waals surface area (Å²) in [5.74, 6) is 0.596. The zero-order valence-electron chi connectivity index (χ0n) is 15.9. The Hall–Kier alpha value is -2.58. The number of amides is 1. The first-order valence-electron chi connectivity index (χ1n) is 9.58. The van der Waals surface area contributed by atoms with Gasteiger partial charge in [0.15, 0.2) is 0 Å². The van der Waals surface area contributed by atoms with Gasteiger partial charge in [-0.1, -0.05) is 0 Å². The Labute approximate surface area is 164 Å². The van der Waals surface area contributed by atoms with Crippen LogP contribution >= 0.6 is 0 Å². The molecule has 2 aromatic heterocycles. The van der Waals surface area contributed by atoms with E-state index < -0.39 is 17.2 Å². The van der Waals surface area contributed by atoms with Crippen molar-refractivity contribution in [3.8, 4) is 0 Å². The molecule has 2 aromatic rings. The summed E-state index contributed by atoms with van der Waals surface area (Å²) in [4.78, 5) is 27.3. The van der Waals surface area contributed by atoms with E-state index in [4.69, 9.17) is 4.74 Å². The number of rotatable bonds is 3. The van der Waals surface area contributed by atoms with Crippen molar-refractivity contribution < 1.29 is 14.6 Å². The van der Waals surface area contributed by atoms with Gasteiger partial charge in [-0.25, -0.2) is 4.98 Å². The Morgan fingerprint density at radius 2 is 2.00 bits per heavy atom. The molecule has 0 saturated carbocycles. The summed E-state index contributed by atoms with van der Waals surface area (Å²) in [5.41, 5.74) is -0.956. The Bertz CT molecular complexity index is 811. The lowest BCUT2D eigenvalue weighted by Gasteiger charge is -2.53. The molecule has 2 fully saturated rings. The van der Waals surface area contributed by atoms with Crippen LogP contribution in [0.3, 0.4) is 0 Å². The van der Waals surface area contributed by atoms with Crippen molar-refractivity contribution in [3.05, 3.63) is 48.7 Å². The number of hydrogen-bond acceptors (Lipinski definition) is 7. The molecule has 4 heterocycles. The van der Waals surface area contributed by atoms with E-state index in [0.717, 1.165) is 5.82 Å². The molecule has 2 aliphatic rings. The summed E-state index contributed by atoms with van der Waals surface area (Å²) in [6.45, 7) is 3.81. The highest BCUT2D eigenvalue weighted by molar-refractivity contribution is 5.94. The van der Waals surface area contributed by atoms with Crippen molar-refractivity contribution in [1.82, 2.24) is 20.3 Å². The summed E-state index contributed by atoms with van der Waals surface area (Å²) in [5, 5.41) is 14.3. The van der Waals surface area contributed by atoms with E-state index in [0.29, 0.717) is 44.5 Å². The maximum Gasteiger partial charge on any atom is 0.253 e. The van der Waals surface area contributed by atoms with Crippen molar-refractivity contribution in [3.63, 3.8) is 0 Å². The normalized spacial score (nSPS) is 26.8. The average molecular weight is 383 g/mol. The van der Waals surface area contributed by atoms with Crippen molar-refractivity contribution in [2.75, 3.05) is 24.6 Å². The molecular formula is C20H25N5O3. The number of nitrogens with zero attached hydrogens (tertiary/aromatic N) is 4. The summed E-state index contributed by atoms with van der Waals surface area (Å²) < 4.78 is 6.11. The molecule has 4 rings (SSSR count). The number of nitrogens with one attached hydrogen (secondary N) is 1. The van der Waals surface area contributed by atoms with Crippen molar-refractivity contribution >= 4 is 11.7 Å². The molecule has 0 bridgehead atoms. The van der Waals surface area contributed by atoms with E-state index in [-0.39, 0.29) is 5.91 Å². The van der Waals surface area contributed by atoms with Gasteiger partial charge in [0, 0.05) is 44.5 Å². The smallest absolute Gasteiger partial charge is 0.253 e. The number of aliphatic hydroxyl groups is 1. The molecule has 148 valence electrons. The van der Waals surface area contributed by atoms with E-state index in [2.05, 4.69) is 25.2 Å². The van der Waals surface area contributed by atoms with Gasteiger partial charge in [-0.3, -0.25) is 14.8 Å². The molecule has 8 heteroatoms. The van der Waals surface area contributed by atoms with Gasteiger partial charge in [0.1, 0.15) is 11.9 Å². The second kappa shape index (κ2) is 7.44. The Balaban J connectivity index is 1.47. The molecule has 8 nitrogen and oxygen atoms in total. The van der Waals surface area contributed by atoms with Gasteiger partial charge in [0.25, 0.3) is 5.91 Å². The number of ether oxygens (including phenoxy) is 1. The fourth-order valence-electron chi connectivity index (χ4n) is 4.21. The Morgan fingerprint density at radius 3 is 2.68 bits per heavy atom. The van der Waals surface area contributed by atoms with Gasteiger partial charge in [-0.15, -0.1) is 0 Å². The van der Waals surface area contributed by atoms with E-state index in [1.807, 2.05) is 6.92 Å². The maximum atomic E-state index is 12.6. The molecule has 0 radical (unpaired) electrons. The lowest BCUT2D eigenvalue weighted by molar-refractivity contribution is -0.195. The highest BCUT2D eigenvalue weighted by Gasteiger charge is 2.54. The summed E-state index contributed by atoms with van der Waals surface area (Å²) in [7, 11) is 0. The highest BCUT2D eigenvalue weighted by atomic mass is 16.5. The van der Waals surface area contributed by atoms with Crippen LogP contribution in [0, 0.1) is 0 Å². The van der Waals surface area contributed by atoms with Crippen LogP contribution in [0.25, 0.3) is 0 Å². The van der Waals surface area contributed by atoms with Gasteiger partial charge in [-0.05, 0) is 38.3 Å². The molecule has 0 aliphatic carbocycles. The summed E-state index contributed by atoms with van der Waals surface area (Å²) >= 11 is 0. The molecule has 28 heavy (non-hydrogen) atoms. The number of aliphatic hydroxyl groups excluding tert-OH is 1. The van der Waals surface area contributed by atoms with Gasteiger partial charge >= 0.3 is 0 Å². The number of pyridine rings is 1. The van der Waals surface area contributed by atoms with Crippen LogP contribution in [-0.4, -0.2) is 62.9 Å². The first kappa shape index (κ1) is 18.8. The van der Waals surface area contributed by atoms with E-state index in [1.165, 1.54) is 6.20 Å². The molecular weight excluding hydrogens is 358 g/mol. The number of piperidine rings is 1. The number of anilines is 1. The molecule has 2 aliphatic heterocycles. The molecule has 0 unspecified atom stereocenters. The minimum atomic E-state index is -0.807. The summed E-state index contributed by atoms with van der Waals surface area (Å²) in [6, 6.07) is 3.44. The largest absolute Gasteiger partial charge is 0.388 e. The van der Waals surface area contributed by atoms with Crippen molar-refractivity contribution in [2.45, 2.75) is 43.4 Å². The first-order chi connectivity index (χ1) is 13.5. The molecule has 2 saturated heterocycles. The number of hydrogen-bond donors (Lipinski definition) is 2. The van der Waals surface area contributed by atoms with Crippen molar-refractivity contribution in [2.24, 2.45) is 0 Å². The fraction of sp³-hybridized carbons (Fsp3) is 0.500. The second-order valence-corrected chi connectivity index (χ2v) is 7.73. The van der Waals surface area contributed by atoms with Crippen LogP contribution in [0.2, 0.25) is 0 Å². The molecule has 1 amide bonds. The Morgan fingerprint density at radius 1 is 1.21 bits per heavy atom. The predicted octanol–water partition coefficient (Wildman–Crippen LogP) is 1.18. The third-order valence-corrected chi connectivity index (χ3v) is 5.92. The van der Waals surface area contributed by atoms with Crippen LogP contribution in [0.1, 0.15) is 36.5 Å².